The van der Waals surface area contributed by atoms with E-state index in [4.69, 9.17) is 10.5 Å². The first-order chi connectivity index (χ1) is 8.70. The monoisotopic (exact) mass is 249 g/mol. The Bertz CT molecular complexity index is 428. The predicted octanol–water partition coefficient (Wildman–Crippen LogP) is 2.30. The van der Waals surface area contributed by atoms with Crippen LogP contribution in [0.25, 0.3) is 0 Å². The molecule has 1 aromatic rings. The highest BCUT2D eigenvalue weighted by Gasteiger charge is 2.17. The van der Waals surface area contributed by atoms with Crippen molar-refractivity contribution in [3.05, 3.63) is 18.2 Å². The van der Waals surface area contributed by atoms with Gasteiger partial charge in [-0.25, -0.2) is 4.79 Å². The summed E-state index contributed by atoms with van der Waals surface area (Å²) in [4.78, 5) is 13.9. The minimum absolute atomic E-state index is 0.0883. The third-order valence-corrected chi connectivity index (χ3v) is 3.15. The van der Waals surface area contributed by atoms with Crippen molar-refractivity contribution in [1.82, 2.24) is 4.90 Å². The zero-order valence-electron chi connectivity index (χ0n) is 10.6. The summed E-state index contributed by atoms with van der Waals surface area (Å²) in [5.74, 6) is 0.679. The van der Waals surface area contributed by atoms with E-state index in [-0.39, 0.29) is 6.03 Å². The number of nitrogens with one attached hydrogen (secondary N) is 1. The Kier molecular flexibility index (Phi) is 3.92. The number of methoxy groups -OCH3 is 1. The van der Waals surface area contributed by atoms with E-state index in [0.717, 1.165) is 25.9 Å². The molecule has 2 rings (SSSR count). The number of nitrogens with zero attached hydrogens (tertiary/aromatic N) is 1. The molecule has 0 aromatic heterocycles. The van der Waals surface area contributed by atoms with Crippen LogP contribution < -0.4 is 15.8 Å². The van der Waals surface area contributed by atoms with Crippen LogP contribution in [0.4, 0.5) is 16.2 Å². The van der Waals surface area contributed by atoms with Crippen molar-refractivity contribution in [3.8, 4) is 5.75 Å². The van der Waals surface area contributed by atoms with Crippen LogP contribution in [0.2, 0.25) is 0 Å². The third-order valence-electron chi connectivity index (χ3n) is 3.15. The fourth-order valence-electron chi connectivity index (χ4n) is 2.06. The van der Waals surface area contributed by atoms with Gasteiger partial charge in [-0.1, -0.05) is 0 Å². The quantitative estimate of drug-likeness (QED) is 0.790. The van der Waals surface area contributed by atoms with Gasteiger partial charge in [0.05, 0.1) is 18.5 Å². The van der Waals surface area contributed by atoms with E-state index >= 15 is 0 Å². The minimum atomic E-state index is -0.0883. The molecule has 0 aliphatic carbocycles. The summed E-state index contributed by atoms with van der Waals surface area (Å²) in [6.45, 7) is 1.63. The van der Waals surface area contributed by atoms with Crippen LogP contribution in [0.1, 0.15) is 19.3 Å². The Hall–Kier alpha value is -1.91. The Balaban J connectivity index is 2.05. The van der Waals surface area contributed by atoms with Crippen molar-refractivity contribution >= 4 is 17.4 Å². The first kappa shape index (κ1) is 12.5. The lowest BCUT2D eigenvalue weighted by molar-refractivity contribution is 0.200. The van der Waals surface area contributed by atoms with Crippen molar-refractivity contribution < 1.29 is 9.53 Å². The summed E-state index contributed by atoms with van der Waals surface area (Å²) in [6, 6.07) is 5.14. The standard InChI is InChI=1S/C13H19N3O2/c1-18-10-5-6-11(14)12(9-10)15-13(17)16-7-3-2-4-8-16/h5-6,9H,2-4,7-8,14H2,1H3,(H,15,17). The lowest BCUT2D eigenvalue weighted by atomic mass is 10.1. The molecule has 0 unspecified atom stereocenters. The zero-order valence-corrected chi connectivity index (χ0v) is 10.6. The van der Waals surface area contributed by atoms with Crippen molar-refractivity contribution in [2.45, 2.75) is 19.3 Å². The topological polar surface area (TPSA) is 67.6 Å². The lowest BCUT2D eigenvalue weighted by Crippen LogP contribution is -2.38. The number of ether oxygens (including phenoxy) is 1. The summed E-state index contributed by atoms with van der Waals surface area (Å²) < 4.78 is 5.12. The number of likely N-dealkylation sites (tertiary alicyclic amines) is 1. The van der Waals surface area contributed by atoms with Crippen LogP contribution >= 0.6 is 0 Å². The summed E-state index contributed by atoms with van der Waals surface area (Å²) in [7, 11) is 1.59. The number of carbonyl (C=O) groups excluding carboxylic acids is 1. The first-order valence-corrected chi connectivity index (χ1v) is 6.20. The molecule has 1 aromatic carbocycles. The molecule has 18 heavy (non-hydrogen) atoms. The Labute approximate surface area is 107 Å². The number of piperidine rings is 1. The number of carbonyl (C=O) groups is 1. The Morgan fingerprint density at radius 2 is 2.06 bits per heavy atom. The van der Waals surface area contributed by atoms with E-state index in [1.807, 2.05) is 4.90 Å². The highest BCUT2D eigenvalue weighted by Crippen LogP contribution is 2.25. The number of nitrogen functional groups attached to an aromatic ring is 1. The number of rotatable bonds is 2. The van der Waals surface area contributed by atoms with Gasteiger partial charge < -0.3 is 20.7 Å². The Morgan fingerprint density at radius 1 is 1.33 bits per heavy atom. The molecule has 0 spiro atoms. The SMILES string of the molecule is COc1ccc(N)c(NC(=O)N2CCCCC2)c1. The average molecular weight is 249 g/mol. The van der Waals surface area contributed by atoms with Gasteiger partial charge in [0, 0.05) is 19.2 Å². The maximum Gasteiger partial charge on any atom is 0.321 e. The van der Waals surface area contributed by atoms with E-state index in [0.29, 0.717) is 17.1 Å². The molecular weight excluding hydrogens is 230 g/mol. The molecule has 0 saturated carbocycles. The molecular formula is C13H19N3O2. The molecule has 0 atom stereocenters. The van der Waals surface area contributed by atoms with E-state index in [9.17, 15) is 4.79 Å². The van der Waals surface area contributed by atoms with E-state index < -0.39 is 0 Å². The van der Waals surface area contributed by atoms with E-state index in [1.165, 1.54) is 6.42 Å². The summed E-state index contributed by atoms with van der Waals surface area (Å²) in [5, 5.41) is 2.84. The summed E-state index contributed by atoms with van der Waals surface area (Å²) in [6.07, 6.45) is 3.34. The van der Waals surface area contributed by atoms with Gasteiger partial charge in [-0.15, -0.1) is 0 Å². The fraction of sp³-hybridized carbons (Fsp3) is 0.462. The molecule has 1 aliphatic heterocycles. The predicted molar refractivity (Wildman–Crippen MR) is 71.8 cm³/mol. The van der Waals surface area contributed by atoms with Crippen LogP contribution in [0, 0.1) is 0 Å². The molecule has 0 radical (unpaired) electrons. The third kappa shape index (κ3) is 2.85. The van der Waals surface area contributed by atoms with Crippen molar-refractivity contribution in [3.63, 3.8) is 0 Å². The summed E-state index contributed by atoms with van der Waals surface area (Å²) >= 11 is 0. The van der Waals surface area contributed by atoms with Crippen LogP contribution in [0.5, 0.6) is 5.75 Å². The van der Waals surface area contributed by atoms with Gasteiger partial charge >= 0.3 is 6.03 Å². The molecule has 1 aliphatic rings. The molecule has 1 heterocycles. The van der Waals surface area contributed by atoms with Crippen molar-refractivity contribution in [2.24, 2.45) is 0 Å². The second-order valence-corrected chi connectivity index (χ2v) is 4.43. The molecule has 5 heteroatoms. The van der Waals surface area contributed by atoms with Crippen LogP contribution in [-0.2, 0) is 0 Å². The molecule has 1 fully saturated rings. The lowest BCUT2D eigenvalue weighted by Gasteiger charge is -2.27. The summed E-state index contributed by atoms with van der Waals surface area (Å²) in [5.41, 5.74) is 6.98. The van der Waals surface area contributed by atoms with Crippen LogP contribution in [0.15, 0.2) is 18.2 Å². The van der Waals surface area contributed by atoms with Gasteiger partial charge in [-0.05, 0) is 31.4 Å². The molecule has 98 valence electrons. The smallest absolute Gasteiger partial charge is 0.321 e. The van der Waals surface area contributed by atoms with Crippen molar-refractivity contribution in [2.75, 3.05) is 31.2 Å². The van der Waals surface area contributed by atoms with Gasteiger partial charge in [0.25, 0.3) is 0 Å². The molecule has 0 bridgehead atoms. The molecule has 2 amide bonds. The normalized spacial score (nSPS) is 15.3. The highest BCUT2D eigenvalue weighted by atomic mass is 16.5. The largest absolute Gasteiger partial charge is 0.497 e. The van der Waals surface area contributed by atoms with E-state index in [2.05, 4.69) is 5.32 Å². The number of anilines is 2. The number of benzene rings is 1. The second kappa shape index (κ2) is 5.62. The zero-order chi connectivity index (χ0) is 13.0. The number of hydrogen-bond donors (Lipinski definition) is 2. The molecule has 3 N–H and O–H groups in total. The van der Waals surface area contributed by atoms with Gasteiger partial charge in [0.1, 0.15) is 5.75 Å². The van der Waals surface area contributed by atoms with Gasteiger partial charge in [-0.2, -0.15) is 0 Å². The van der Waals surface area contributed by atoms with Crippen molar-refractivity contribution in [1.29, 1.82) is 0 Å². The number of amides is 2. The molecule has 1 saturated heterocycles. The minimum Gasteiger partial charge on any atom is -0.497 e. The number of nitrogens with two attached hydrogens (primary N) is 1. The molecule has 5 nitrogen and oxygen atoms in total. The van der Waals surface area contributed by atoms with Gasteiger partial charge in [0.15, 0.2) is 0 Å². The number of urea groups is 1. The van der Waals surface area contributed by atoms with Gasteiger partial charge in [0.2, 0.25) is 0 Å². The maximum atomic E-state index is 12.0. The van der Waals surface area contributed by atoms with Gasteiger partial charge in [-0.3, -0.25) is 0 Å². The van der Waals surface area contributed by atoms with E-state index in [1.54, 1.807) is 25.3 Å². The first-order valence-electron chi connectivity index (χ1n) is 6.20. The van der Waals surface area contributed by atoms with Crippen LogP contribution in [0.3, 0.4) is 0 Å². The van der Waals surface area contributed by atoms with Crippen LogP contribution in [-0.4, -0.2) is 31.1 Å². The second-order valence-electron chi connectivity index (χ2n) is 4.43. The Morgan fingerprint density at radius 3 is 2.72 bits per heavy atom. The number of hydrogen-bond acceptors (Lipinski definition) is 3. The maximum absolute atomic E-state index is 12.0. The fourth-order valence-corrected chi connectivity index (χ4v) is 2.06. The average Bonchev–Trinajstić information content (AvgIpc) is 2.42. The highest BCUT2D eigenvalue weighted by molar-refractivity contribution is 5.93.